The number of hydrogen-bond donors (Lipinski definition) is 0. The fourth-order valence-electron chi connectivity index (χ4n) is 2.77. The summed E-state index contributed by atoms with van der Waals surface area (Å²) >= 11 is 0. The van der Waals surface area contributed by atoms with E-state index >= 15 is 0 Å². The summed E-state index contributed by atoms with van der Waals surface area (Å²) in [4.78, 5) is 0. The maximum Gasteiger partial charge on any atom is 0.257 e. The van der Waals surface area contributed by atoms with Crippen LogP contribution in [0.15, 0.2) is 85.5 Å². The first kappa shape index (κ1) is 19.1. The van der Waals surface area contributed by atoms with Gasteiger partial charge in [0.05, 0.1) is 0 Å². The van der Waals surface area contributed by atoms with Crippen LogP contribution in [0.2, 0.25) is 0 Å². The van der Waals surface area contributed by atoms with Gasteiger partial charge in [0, 0.05) is 22.9 Å². The monoisotopic (exact) mass is 372 g/mol. The zero-order chi connectivity index (χ0) is 15.5. The average Bonchev–Trinajstić information content (AvgIpc) is 2.61. The van der Waals surface area contributed by atoms with Crippen molar-refractivity contribution in [2.24, 2.45) is 0 Å². The van der Waals surface area contributed by atoms with Crippen molar-refractivity contribution in [1.82, 2.24) is 0 Å². The Kier molecular flexibility index (Phi) is 6.71. The highest BCUT2D eigenvalue weighted by atomic mass is 35.5. The van der Waals surface area contributed by atoms with Gasteiger partial charge in [0.2, 0.25) is 0 Å². The molecule has 0 radical (unpaired) electrons. The van der Waals surface area contributed by atoms with Gasteiger partial charge >= 0.3 is 0 Å². The van der Waals surface area contributed by atoms with E-state index in [1.165, 1.54) is 21.5 Å². The third kappa shape index (κ3) is 4.45. The Balaban J connectivity index is 0.00000113. The first-order valence-electron chi connectivity index (χ1n) is 7.72. The number of rotatable bonds is 4. The van der Waals surface area contributed by atoms with Gasteiger partial charge in [-0.2, -0.15) is 9.13 Å². The Bertz CT molecular complexity index is 896. The van der Waals surface area contributed by atoms with Gasteiger partial charge in [0.25, 0.3) is 13.5 Å². The molecule has 0 amide bonds. The largest absolute Gasteiger partial charge is 1.00 e. The minimum Gasteiger partial charge on any atom is -1.00 e. The molecule has 0 fully saturated rings. The number of pyridine rings is 2. The summed E-state index contributed by atoms with van der Waals surface area (Å²) < 4.78 is 9.95. The minimum absolute atomic E-state index is 0. The Morgan fingerprint density at radius 3 is 1.40 bits per heavy atom. The quantitative estimate of drug-likeness (QED) is 0.354. The van der Waals surface area contributed by atoms with Crippen molar-refractivity contribution in [3.05, 3.63) is 85.5 Å². The number of nitrogens with zero attached hydrogens (tertiary/aromatic N) is 2. The third-order valence-electron chi connectivity index (χ3n) is 3.97. The first-order valence-corrected chi connectivity index (χ1v) is 7.72. The molecule has 0 saturated carbocycles. The molecule has 0 aliphatic carbocycles. The lowest BCUT2D eigenvalue weighted by molar-refractivity contribution is -0.787. The molecule has 0 N–H and O–H groups in total. The van der Waals surface area contributed by atoms with Crippen molar-refractivity contribution in [2.75, 3.05) is 0 Å². The molecule has 0 atom stereocenters. The standard InChI is InChI=1S/C20H18N2O.2ClH/c1-3-7-19-13-21(11-9-17(19)5-1)15-23-16-22-12-10-18-6-2-4-8-20(18)14-22;;/h1-14H,15-16H2;2*1H/q+2;;/p-2. The summed E-state index contributed by atoms with van der Waals surface area (Å²) in [5.74, 6) is 0. The van der Waals surface area contributed by atoms with E-state index in [0.29, 0.717) is 13.5 Å². The van der Waals surface area contributed by atoms with Gasteiger partial charge in [0.15, 0.2) is 24.8 Å². The van der Waals surface area contributed by atoms with Crippen LogP contribution in [-0.4, -0.2) is 0 Å². The van der Waals surface area contributed by atoms with Crippen LogP contribution >= 0.6 is 0 Å². The summed E-state index contributed by atoms with van der Waals surface area (Å²) in [6, 6.07) is 20.9. The summed E-state index contributed by atoms with van der Waals surface area (Å²) in [7, 11) is 0. The number of halogens is 2. The van der Waals surface area contributed by atoms with Crippen LogP contribution in [-0.2, 0) is 18.2 Å². The summed E-state index contributed by atoms with van der Waals surface area (Å²) in [5.41, 5.74) is 0. The predicted molar refractivity (Wildman–Crippen MR) is 89.4 cm³/mol. The second-order valence-electron chi connectivity index (χ2n) is 5.64. The molecule has 0 bridgehead atoms. The molecule has 2 heterocycles. The highest BCUT2D eigenvalue weighted by molar-refractivity contribution is 5.80. The molecule has 0 aliphatic heterocycles. The Hall–Kier alpha value is -2.20. The number of benzene rings is 2. The summed E-state index contributed by atoms with van der Waals surface area (Å²) in [5, 5.41) is 4.93. The molecule has 5 heteroatoms. The SMILES string of the molecule is [Cl-].[Cl-].c1ccc2c[n+](COC[n+]3ccc4ccccc4c3)ccc2c1. The van der Waals surface area contributed by atoms with E-state index in [0.717, 1.165) is 0 Å². The lowest BCUT2D eigenvalue weighted by Gasteiger charge is -2.01. The summed E-state index contributed by atoms with van der Waals surface area (Å²) in [6.07, 6.45) is 8.32. The van der Waals surface area contributed by atoms with Crippen molar-refractivity contribution in [3.8, 4) is 0 Å². The second kappa shape index (κ2) is 8.77. The number of fused-ring (bicyclic) bond motifs is 2. The molecule has 4 rings (SSSR count). The van der Waals surface area contributed by atoms with Gasteiger partial charge in [-0.05, 0) is 22.9 Å². The van der Waals surface area contributed by atoms with Gasteiger partial charge in [-0.15, -0.1) is 0 Å². The van der Waals surface area contributed by atoms with Gasteiger partial charge in [-0.1, -0.05) is 36.4 Å². The van der Waals surface area contributed by atoms with E-state index in [9.17, 15) is 0 Å². The van der Waals surface area contributed by atoms with Gasteiger partial charge in [-0.3, -0.25) is 4.74 Å². The van der Waals surface area contributed by atoms with Crippen LogP contribution in [0, 0.1) is 0 Å². The van der Waals surface area contributed by atoms with E-state index in [1.54, 1.807) is 0 Å². The molecule has 0 unspecified atom stereocenters. The molecule has 2 aromatic carbocycles. The van der Waals surface area contributed by atoms with Gasteiger partial charge in [0.1, 0.15) is 0 Å². The minimum atomic E-state index is 0. The smallest absolute Gasteiger partial charge is 0.257 e. The fourth-order valence-corrected chi connectivity index (χ4v) is 2.77. The van der Waals surface area contributed by atoms with Crippen molar-refractivity contribution in [3.63, 3.8) is 0 Å². The van der Waals surface area contributed by atoms with Crippen molar-refractivity contribution in [2.45, 2.75) is 13.5 Å². The highest BCUT2D eigenvalue weighted by Crippen LogP contribution is 2.10. The summed E-state index contributed by atoms with van der Waals surface area (Å²) in [6.45, 7) is 1.06. The topological polar surface area (TPSA) is 17.0 Å². The Morgan fingerprint density at radius 2 is 0.960 bits per heavy atom. The third-order valence-corrected chi connectivity index (χ3v) is 3.97. The van der Waals surface area contributed by atoms with Gasteiger partial charge in [-0.25, -0.2) is 0 Å². The molecule has 4 aromatic rings. The fraction of sp³-hybridized carbons (Fsp3) is 0.100. The zero-order valence-corrected chi connectivity index (χ0v) is 15.1. The molecule has 0 aliphatic rings. The zero-order valence-electron chi connectivity index (χ0n) is 13.6. The van der Waals surface area contributed by atoms with Crippen molar-refractivity contribution >= 4 is 21.5 Å². The molecule has 0 saturated heterocycles. The first-order chi connectivity index (χ1) is 11.4. The van der Waals surface area contributed by atoms with Crippen LogP contribution in [0.4, 0.5) is 0 Å². The molecule has 2 aromatic heterocycles. The lowest BCUT2D eigenvalue weighted by Crippen LogP contribution is -3.00. The van der Waals surface area contributed by atoms with E-state index in [1.807, 2.05) is 12.4 Å². The lowest BCUT2D eigenvalue weighted by atomic mass is 10.2. The van der Waals surface area contributed by atoms with E-state index in [-0.39, 0.29) is 24.8 Å². The van der Waals surface area contributed by atoms with Crippen molar-refractivity contribution < 1.29 is 38.7 Å². The van der Waals surface area contributed by atoms with Crippen molar-refractivity contribution in [1.29, 1.82) is 0 Å². The number of hydrogen-bond acceptors (Lipinski definition) is 1. The molecule has 3 nitrogen and oxygen atoms in total. The van der Waals surface area contributed by atoms with Crippen LogP contribution in [0.25, 0.3) is 21.5 Å². The normalized spacial score (nSPS) is 10.2. The second-order valence-corrected chi connectivity index (χ2v) is 5.64. The average molecular weight is 373 g/mol. The van der Waals surface area contributed by atoms with Crippen LogP contribution in [0.3, 0.4) is 0 Å². The van der Waals surface area contributed by atoms with E-state index in [2.05, 4.69) is 82.2 Å². The van der Waals surface area contributed by atoms with E-state index in [4.69, 9.17) is 4.74 Å². The Morgan fingerprint density at radius 1 is 0.560 bits per heavy atom. The molecular formula is C20H18Cl2N2O. The molecule has 0 spiro atoms. The van der Waals surface area contributed by atoms with Crippen LogP contribution in [0.1, 0.15) is 0 Å². The maximum atomic E-state index is 5.83. The number of aromatic nitrogens is 2. The Labute approximate surface area is 159 Å². The van der Waals surface area contributed by atoms with Gasteiger partial charge < -0.3 is 24.8 Å². The molecule has 25 heavy (non-hydrogen) atoms. The number of ether oxygens (including phenoxy) is 1. The van der Waals surface area contributed by atoms with Crippen LogP contribution < -0.4 is 33.9 Å². The maximum absolute atomic E-state index is 5.83. The highest BCUT2D eigenvalue weighted by Gasteiger charge is 2.06. The van der Waals surface area contributed by atoms with Crippen LogP contribution in [0.5, 0.6) is 0 Å². The molecular weight excluding hydrogens is 355 g/mol. The predicted octanol–water partition coefficient (Wildman–Crippen LogP) is -2.79. The van der Waals surface area contributed by atoms with E-state index < -0.39 is 0 Å². The molecule has 128 valence electrons.